The van der Waals surface area contributed by atoms with Gasteiger partial charge in [0.1, 0.15) is 0 Å². The van der Waals surface area contributed by atoms with Gasteiger partial charge in [0.05, 0.1) is 4.91 Å². The Morgan fingerprint density at radius 3 is 1.76 bits per heavy atom. The smallest absolute Gasteiger partial charge is 0.282 e. The van der Waals surface area contributed by atoms with E-state index in [1.54, 1.807) is 11.1 Å². The lowest BCUT2D eigenvalue weighted by Gasteiger charge is -2.20. The molecule has 0 fully saturated rings. The fourth-order valence-electron chi connectivity index (χ4n) is 1.85. The van der Waals surface area contributed by atoms with Gasteiger partial charge >= 0.3 is 0 Å². The SMILES string of the molecule is CC(C)C=C(C(=C(Br)C(=CBr)C(C)C)C(C)C)S(=O)(=O)O. The number of rotatable bonds is 6. The number of halogens is 2. The minimum absolute atomic E-state index is 0.00595. The van der Waals surface area contributed by atoms with Crippen LogP contribution < -0.4 is 0 Å². The lowest BCUT2D eigenvalue weighted by molar-refractivity contribution is 0.489. The van der Waals surface area contributed by atoms with E-state index in [-0.39, 0.29) is 22.7 Å². The zero-order valence-electron chi connectivity index (χ0n) is 13.3. The predicted molar refractivity (Wildman–Crippen MR) is 97.1 cm³/mol. The zero-order chi connectivity index (χ0) is 17.0. The molecule has 0 aromatic heterocycles. The van der Waals surface area contributed by atoms with Crippen LogP contribution in [0.15, 0.2) is 31.6 Å². The molecule has 0 saturated heterocycles. The fraction of sp³-hybridized carbons (Fsp3) is 0.600. The second-order valence-corrected chi connectivity index (χ2v) is 8.49. The molecule has 0 radical (unpaired) electrons. The summed E-state index contributed by atoms with van der Waals surface area (Å²) in [7, 11) is -4.29. The quantitative estimate of drug-likeness (QED) is 0.425. The standard InChI is InChI=1S/C15H24Br2O3S/c1-9(2)7-13(21(18,19)20)14(11(5)6)15(17)12(8-16)10(3)4/h7-11H,1-6H3,(H,18,19,20). The van der Waals surface area contributed by atoms with Crippen LogP contribution in [0.2, 0.25) is 0 Å². The number of hydrogen-bond donors (Lipinski definition) is 1. The molecular weight excluding hydrogens is 420 g/mol. The molecule has 0 saturated carbocycles. The van der Waals surface area contributed by atoms with Crippen LogP contribution in [0.1, 0.15) is 41.5 Å². The lowest BCUT2D eigenvalue weighted by atomic mass is 9.95. The Kier molecular flexibility index (Phi) is 8.69. The normalized spacial score (nSPS) is 16.0. The highest BCUT2D eigenvalue weighted by Crippen LogP contribution is 2.37. The molecule has 0 amide bonds. The second-order valence-electron chi connectivity index (χ2n) is 5.85. The Bertz CT molecular complexity index is 553. The number of allylic oxidation sites excluding steroid dienone is 4. The molecule has 0 atom stereocenters. The average molecular weight is 444 g/mol. The molecule has 0 aromatic rings. The minimum atomic E-state index is -4.29. The van der Waals surface area contributed by atoms with Gasteiger partial charge in [-0.3, -0.25) is 4.55 Å². The van der Waals surface area contributed by atoms with Crippen molar-refractivity contribution >= 4 is 42.0 Å². The summed E-state index contributed by atoms with van der Waals surface area (Å²) >= 11 is 6.85. The monoisotopic (exact) mass is 442 g/mol. The van der Waals surface area contributed by atoms with E-state index < -0.39 is 10.1 Å². The molecule has 0 aliphatic rings. The summed E-state index contributed by atoms with van der Waals surface area (Å²) < 4.78 is 33.9. The minimum Gasteiger partial charge on any atom is -0.282 e. The van der Waals surface area contributed by atoms with Gasteiger partial charge in [-0.2, -0.15) is 8.42 Å². The van der Waals surface area contributed by atoms with Crippen LogP contribution in [-0.2, 0) is 10.1 Å². The van der Waals surface area contributed by atoms with Crippen LogP contribution in [0.5, 0.6) is 0 Å². The molecule has 0 aliphatic carbocycles. The first-order valence-corrected chi connectivity index (χ1v) is 9.98. The highest BCUT2D eigenvalue weighted by molar-refractivity contribution is 9.12. The first kappa shape index (κ1) is 21.1. The van der Waals surface area contributed by atoms with Gasteiger partial charge in [0, 0.05) is 4.48 Å². The van der Waals surface area contributed by atoms with Crippen molar-refractivity contribution in [2.45, 2.75) is 41.5 Å². The highest BCUT2D eigenvalue weighted by atomic mass is 79.9. The Morgan fingerprint density at radius 2 is 1.52 bits per heavy atom. The Balaban J connectivity index is 6.48. The summed E-state index contributed by atoms with van der Waals surface area (Å²) in [6.07, 6.45) is 1.58. The summed E-state index contributed by atoms with van der Waals surface area (Å²) in [5.41, 5.74) is 1.53. The molecule has 3 nitrogen and oxygen atoms in total. The van der Waals surface area contributed by atoms with Crippen molar-refractivity contribution in [1.29, 1.82) is 0 Å². The van der Waals surface area contributed by atoms with Gasteiger partial charge in [-0.15, -0.1) is 0 Å². The molecule has 0 bridgehead atoms. The highest BCUT2D eigenvalue weighted by Gasteiger charge is 2.26. The Labute approximate surface area is 145 Å². The molecule has 0 aromatic carbocycles. The first-order valence-electron chi connectivity index (χ1n) is 6.83. The van der Waals surface area contributed by atoms with Gasteiger partial charge in [0.2, 0.25) is 0 Å². The molecule has 0 rings (SSSR count). The van der Waals surface area contributed by atoms with Crippen molar-refractivity contribution < 1.29 is 13.0 Å². The van der Waals surface area contributed by atoms with E-state index in [0.717, 1.165) is 5.57 Å². The molecule has 0 unspecified atom stereocenters. The maximum Gasteiger partial charge on any atom is 0.294 e. The molecule has 21 heavy (non-hydrogen) atoms. The van der Waals surface area contributed by atoms with E-state index in [4.69, 9.17) is 0 Å². The molecule has 6 heteroatoms. The Hall–Kier alpha value is 0.0900. The second kappa shape index (κ2) is 8.65. The number of hydrogen-bond acceptors (Lipinski definition) is 2. The third-order valence-corrected chi connectivity index (χ3v) is 5.12. The van der Waals surface area contributed by atoms with Crippen LogP contribution in [0.3, 0.4) is 0 Å². The third-order valence-electron chi connectivity index (χ3n) is 2.83. The van der Waals surface area contributed by atoms with Gasteiger partial charge in [0.15, 0.2) is 0 Å². The largest absolute Gasteiger partial charge is 0.294 e. The summed E-state index contributed by atoms with van der Waals surface area (Å²) in [4.78, 5) is 1.76. The van der Waals surface area contributed by atoms with Crippen molar-refractivity contribution in [3.8, 4) is 0 Å². The van der Waals surface area contributed by atoms with E-state index in [0.29, 0.717) is 10.1 Å². The predicted octanol–water partition coefficient (Wildman–Crippen LogP) is 5.65. The van der Waals surface area contributed by atoms with Gasteiger partial charge in [0.25, 0.3) is 10.1 Å². The van der Waals surface area contributed by atoms with Gasteiger partial charge in [-0.25, -0.2) is 0 Å². The lowest BCUT2D eigenvalue weighted by Crippen LogP contribution is -2.13. The summed E-state index contributed by atoms with van der Waals surface area (Å²) in [5.74, 6) is 0.146. The van der Waals surface area contributed by atoms with Gasteiger partial charge in [-0.05, 0) is 33.9 Å². The topological polar surface area (TPSA) is 54.4 Å². The van der Waals surface area contributed by atoms with Crippen molar-refractivity contribution in [2.75, 3.05) is 0 Å². The van der Waals surface area contributed by atoms with Crippen LogP contribution in [0.25, 0.3) is 0 Å². The molecule has 0 aliphatic heterocycles. The van der Waals surface area contributed by atoms with Crippen LogP contribution in [0.4, 0.5) is 0 Å². The van der Waals surface area contributed by atoms with Crippen LogP contribution >= 0.6 is 31.9 Å². The summed E-state index contributed by atoms with van der Waals surface area (Å²) in [6.45, 7) is 11.6. The van der Waals surface area contributed by atoms with Crippen LogP contribution in [-0.4, -0.2) is 13.0 Å². The van der Waals surface area contributed by atoms with E-state index in [9.17, 15) is 13.0 Å². The van der Waals surface area contributed by atoms with Gasteiger partial charge < -0.3 is 0 Å². The summed E-state index contributed by atoms with van der Waals surface area (Å²) in [6, 6.07) is 0. The fourth-order valence-corrected chi connectivity index (χ4v) is 5.35. The van der Waals surface area contributed by atoms with E-state index in [1.807, 2.05) is 41.5 Å². The van der Waals surface area contributed by atoms with Crippen molar-refractivity contribution in [3.63, 3.8) is 0 Å². The maximum atomic E-state index is 11.8. The van der Waals surface area contributed by atoms with Gasteiger partial charge in [-0.1, -0.05) is 79.5 Å². The third kappa shape index (κ3) is 6.38. The van der Waals surface area contributed by atoms with E-state index >= 15 is 0 Å². The molecule has 1 N–H and O–H groups in total. The van der Waals surface area contributed by atoms with Crippen LogP contribution in [0, 0.1) is 17.8 Å². The van der Waals surface area contributed by atoms with Crippen molar-refractivity contribution in [2.24, 2.45) is 17.8 Å². The first-order chi connectivity index (χ1) is 9.43. The Morgan fingerprint density at radius 1 is 1.05 bits per heavy atom. The summed E-state index contributed by atoms with van der Waals surface area (Å²) in [5, 5.41) is 0. The van der Waals surface area contributed by atoms with E-state index in [1.165, 1.54) is 0 Å². The average Bonchev–Trinajstić information content (AvgIpc) is 2.26. The van der Waals surface area contributed by atoms with Crippen molar-refractivity contribution in [1.82, 2.24) is 0 Å². The molecule has 0 spiro atoms. The zero-order valence-corrected chi connectivity index (χ0v) is 17.3. The molecule has 0 heterocycles. The van der Waals surface area contributed by atoms with Crippen molar-refractivity contribution in [3.05, 3.63) is 31.6 Å². The maximum absolute atomic E-state index is 11.8. The molecule has 122 valence electrons. The van der Waals surface area contributed by atoms with E-state index in [2.05, 4.69) is 31.9 Å². The molecular formula is C15H24Br2O3S.